The maximum Gasteiger partial charge on any atom is 0.0446 e. The summed E-state index contributed by atoms with van der Waals surface area (Å²) in [5, 5.41) is 8.96. The molecule has 1 N–H and O–H groups in total. The number of rotatable bonds is 4. The van der Waals surface area contributed by atoms with Crippen molar-refractivity contribution in [3.63, 3.8) is 0 Å². The molecule has 0 bridgehead atoms. The van der Waals surface area contributed by atoms with Gasteiger partial charge in [0.2, 0.25) is 0 Å². The minimum atomic E-state index is 0.319. The second-order valence-electron chi connectivity index (χ2n) is 5.39. The average molecular weight is 185 g/mol. The second kappa shape index (κ2) is 3.97. The molecule has 2 heteroatoms. The number of hydrogen-bond donors (Lipinski definition) is 1. The normalized spacial score (nSPS) is 24.5. The van der Waals surface area contributed by atoms with Gasteiger partial charge in [0.15, 0.2) is 0 Å². The van der Waals surface area contributed by atoms with E-state index in [1.165, 1.54) is 13.1 Å². The highest BCUT2D eigenvalue weighted by molar-refractivity contribution is 4.92. The monoisotopic (exact) mass is 185 g/mol. The largest absolute Gasteiger partial charge is 0.396 e. The van der Waals surface area contributed by atoms with Crippen LogP contribution in [-0.2, 0) is 0 Å². The van der Waals surface area contributed by atoms with Crippen LogP contribution in [0.15, 0.2) is 0 Å². The number of nitrogens with zero attached hydrogens (tertiary/aromatic N) is 1. The van der Waals surface area contributed by atoms with Crippen molar-refractivity contribution in [2.45, 2.75) is 40.2 Å². The molecule has 0 radical (unpaired) electrons. The Morgan fingerprint density at radius 3 is 2.15 bits per heavy atom. The highest BCUT2D eigenvalue weighted by Crippen LogP contribution is 2.33. The number of aliphatic hydroxyl groups excluding tert-OH is 1. The van der Waals surface area contributed by atoms with Crippen LogP contribution in [0, 0.1) is 11.3 Å². The second-order valence-corrected chi connectivity index (χ2v) is 5.39. The van der Waals surface area contributed by atoms with E-state index in [-0.39, 0.29) is 0 Å². The molecule has 1 atom stereocenters. The number of aliphatic hydroxyl groups is 1. The lowest BCUT2D eigenvalue weighted by Gasteiger charge is -2.51. The molecular formula is C11H23NO. The Hall–Kier alpha value is -0.0800. The van der Waals surface area contributed by atoms with Gasteiger partial charge in [-0.15, -0.1) is 0 Å². The van der Waals surface area contributed by atoms with E-state index in [4.69, 9.17) is 5.11 Å². The molecule has 1 unspecified atom stereocenters. The van der Waals surface area contributed by atoms with E-state index in [9.17, 15) is 0 Å². The van der Waals surface area contributed by atoms with Gasteiger partial charge in [-0.25, -0.2) is 0 Å². The van der Waals surface area contributed by atoms with Crippen molar-refractivity contribution in [2.24, 2.45) is 11.3 Å². The molecule has 1 rings (SSSR count). The average Bonchev–Trinajstić information content (AvgIpc) is 1.95. The zero-order valence-electron chi connectivity index (χ0n) is 9.38. The van der Waals surface area contributed by atoms with Gasteiger partial charge in [-0.3, -0.25) is 4.90 Å². The van der Waals surface area contributed by atoms with E-state index in [2.05, 4.69) is 32.6 Å². The molecule has 1 heterocycles. The summed E-state index contributed by atoms with van der Waals surface area (Å²) in [5.41, 5.74) is 0.503. The molecule has 0 aliphatic carbocycles. The smallest absolute Gasteiger partial charge is 0.0446 e. The van der Waals surface area contributed by atoms with Gasteiger partial charge in [-0.05, 0) is 17.8 Å². The molecule has 1 fully saturated rings. The highest BCUT2D eigenvalue weighted by Gasteiger charge is 2.38. The minimum Gasteiger partial charge on any atom is -0.396 e. The van der Waals surface area contributed by atoms with Crippen molar-refractivity contribution < 1.29 is 5.11 Å². The maximum absolute atomic E-state index is 8.96. The Morgan fingerprint density at radius 1 is 1.31 bits per heavy atom. The summed E-state index contributed by atoms with van der Waals surface area (Å²) in [4.78, 5) is 2.50. The Bertz CT molecular complexity index is 157. The van der Waals surface area contributed by atoms with Crippen molar-refractivity contribution >= 4 is 0 Å². The topological polar surface area (TPSA) is 23.5 Å². The lowest BCUT2D eigenvalue weighted by Crippen LogP contribution is -2.58. The summed E-state index contributed by atoms with van der Waals surface area (Å²) >= 11 is 0. The van der Waals surface area contributed by atoms with Crippen LogP contribution in [-0.4, -0.2) is 35.7 Å². The third-order valence-electron chi connectivity index (χ3n) is 2.93. The van der Waals surface area contributed by atoms with Crippen LogP contribution in [0.3, 0.4) is 0 Å². The van der Waals surface area contributed by atoms with Gasteiger partial charge in [0.1, 0.15) is 0 Å². The quantitative estimate of drug-likeness (QED) is 0.721. The summed E-state index contributed by atoms with van der Waals surface area (Å²) in [6, 6.07) is 0.582. The van der Waals surface area contributed by atoms with Crippen LogP contribution in [0.1, 0.15) is 34.1 Å². The van der Waals surface area contributed by atoms with Crippen LogP contribution in [0.5, 0.6) is 0 Å². The van der Waals surface area contributed by atoms with E-state index in [0.29, 0.717) is 24.0 Å². The first-order chi connectivity index (χ1) is 5.96. The summed E-state index contributed by atoms with van der Waals surface area (Å²) in [6.45, 7) is 11.8. The van der Waals surface area contributed by atoms with Gasteiger partial charge < -0.3 is 5.11 Å². The zero-order valence-corrected chi connectivity index (χ0v) is 9.38. The first kappa shape index (κ1) is 11.0. The zero-order chi connectivity index (χ0) is 10.1. The predicted octanol–water partition coefficient (Wildman–Crippen LogP) is 1.74. The van der Waals surface area contributed by atoms with Gasteiger partial charge in [0.05, 0.1) is 0 Å². The third kappa shape index (κ3) is 2.68. The van der Waals surface area contributed by atoms with Crippen LogP contribution in [0.4, 0.5) is 0 Å². The van der Waals surface area contributed by atoms with E-state index in [0.717, 1.165) is 6.42 Å². The Labute approximate surface area is 81.9 Å². The molecule has 0 aromatic carbocycles. The van der Waals surface area contributed by atoms with Gasteiger partial charge in [0, 0.05) is 25.7 Å². The fourth-order valence-corrected chi connectivity index (χ4v) is 2.36. The van der Waals surface area contributed by atoms with Crippen molar-refractivity contribution in [1.82, 2.24) is 4.90 Å². The first-order valence-electron chi connectivity index (χ1n) is 5.31. The SMILES string of the molecule is CC(C)C(CCO)N1CC(C)(C)C1. The first-order valence-corrected chi connectivity index (χ1v) is 5.31. The molecule has 1 aliphatic heterocycles. The van der Waals surface area contributed by atoms with Crippen molar-refractivity contribution in [1.29, 1.82) is 0 Å². The fourth-order valence-electron chi connectivity index (χ4n) is 2.36. The van der Waals surface area contributed by atoms with Crippen molar-refractivity contribution in [3.05, 3.63) is 0 Å². The summed E-state index contributed by atoms with van der Waals surface area (Å²) in [7, 11) is 0. The summed E-state index contributed by atoms with van der Waals surface area (Å²) in [6.07, 6.45) is 0.924. The lowest BCUT2D eigenvalue weighted by molar-refractivity contribution is -0.0286. The maximum atomic E-state index is 8.96. The van der Waals surface area contributed by atoms with E-state index in [1.54, 1.807) is 0 Å². The Balaban J connectivity index is 2.40. The third-order valence-corrected chi connectivity index (χ3v) is 2.93. The van der Waals surface area contributed by atoms with Crippen molar-refractivity contribution in [3.8, 4) is 0 Å². The number of likely N-dealkylation sites (tertiary alicyclic amines) is 1. The molecule has 1 aliphatic rings. The number of hydrogen-bond acceptors (Lipinski definition) is 2. The predicted molar refractivity (Wildman–Crippen MR) is 55.7 cm³/mol. The highest BCUT2D eigenvalue weighted by atomic mass is 16.3. The Morgan fingerprint density at radius 2 is 1.85 bits per heavy atom. The standard InChI is InChI=1S/C11H23NO/c1-9(2)10(5-6-13)12-7-11(3,4)8-12/h9-10,13H,5-8H2,1-4H3. The molecular weight excluding hydrogens is 162 g/mol. The van der Waals surface area contributed by atoms with E-state index in [1.807, 2.05) is 0 Å². The molecule has 2 nitrogen and oxygen atoms in total. The van der Waals surface area contributed by atoms with Gasteiger partial charge in [0.25, 0.3) is 0 Å². The van der Waals surface area contributed by atoms with Gasteiger partial charge >= 0.3 is 0 Å². The van der Waals surface area contributed by atoms with E-state index < -0.39 is 0 Å². The molecule has 0 amide bonds. The molecule has 0 saturated carbocycles. The lowest BCUT2D eigenvalue weighted by atomic mass is 9.81. The molecule has 1 saturated heterocycles. The molecule has 0 spiro atoms. The fraction of sp³-hybridized carbons (Fsp3) is 1.00. The van der Waals surface area contributed by atoms with Crippen LogP contribution in [0.2, 0.25) is 0 Å². The molecule has 0 aromatic heterocycles. The van der Waals surface area contributed by atoms with Gasteiger partial charge in [-0.1, -0.05) is 27.7 Å². The summed E-state index contributed by atoms with van der Waals surface area (Å²) in [5.74, 6) is 0.656. The van der Waals surface area contributed by atoms with E-state index >= 15 is 0 Å². The summed E-state index contributed by atoms with van der Waals surface area (Å²) < 4.78 is 0. The molecule has 13 heavy (non-hydrogen) atoms. The molecule has 0 aromatic rings. The minimum absolute atomic E-state index is 0.319. The Kier molecular flexibility index (Phi) is 3.36. The van der Waals surface area contributed by atoms with Crippen LogP contribution >= 0.6 is 0 Å². The van der Waals surface area contributed by atoms with Crippen LogP contribution < -0.4 is 0 Å². The van der Waals surface area contributed by atoms with Crippen LogP contribution in [0.25, 0.3) is 0 Å². The van der Waals surface area contributed by atoms with Crippen molar-refractivity contribution in [2.75, 3.05) is 19.7 Å². The molecule has 78 valence electrons. The van der Waals surface area contributed by atoms with Gasteiger partial charge in [-0.2, -0.15) is 0 Å².